The molecule has 0 atom stereocenters. The molecule has 0 aliphatic heterocycles. The van der Waals surface area contributed by atoms with E-state index in [9.17, 15) is 0 Å². The molecule has 0 aliphatic carbocycles. The highest BCUT2D eigenvalue weighted by atomic mass is 15.3. The van der Waals surface area contributed by atoms with Gasteiger partial charge in [0.2, 0.25) is 0 Å². The summed E-state index contributed by atoms with van der Waals surface area (Å²) < 4.78 is 1.91. The van der Waals surface area contributed by atoms with Gasteiger partial charge in [-0.05, 0) is 18.9 Å². The van der Waals surface area contributed by atoms with E-state index in [-0.39, 0.29) is 0 Å². The number of aromatic nitrogens is 2. The van der Waals surface area contributed by atoms with Gasteiger partial charge in [-0.3, -0.25) is 4.68 Å². The van der Waals surface area contributed by atoms with Crippen LogP contribution in [0.3, 0.4) is 0 Å². The minimum atomic E-state index is 0.807. The fraction of sp³-hybridized carbons (Fsp3) is 0.769. The molecule has 0 saturated heterocycles. The molecule has 16 heavy (non-hydrogen) atoms. The van der Waals surface area contributed by atoms with Gasteiger partial charge in [0.15, 0.2) is 0 Å². The maximum atomic E-state index is 4.44. The van der Waals surface area contributed by atoms with Crippen molar-refractivity contribution >= 4 is 0 Å². The molecule has 0 bridgehead atoms. The van der Waals surface area contributed by atoms with E-state index in [1.54, 1.807) is 0 Å². The molecule has 0 unspecified atom stereocenters. The van der Waals surface area contributed by atoms with Gasteiger partial charge in [0, 0.05) is 25.4 Å². The maximum absolute atomic E-state index is 4.44. The molecule has 0 amide bonds. The van der Waals surface area contributed by atoms with Gasteiger partial charge >= 0.3 is 0 Å². The van der Waals surface area contributed by atoms with Crippen LogP contribution >= 0.6 is 0 Å². The van der Waals surface area contributed by atoms with E-state index in [0.29, 0.717) is 0 Å². The highest BCUT2D eigenvalue weighted by Gasteiger charge is 2.07. The van der Waals surface area contributed by atoms with Crippen molar-refractivity contribution in [3.05, 3.63) is 17.5 Å². The summed E-state index contributed by atoms with van der Waals surface area (Å²) in [5, 5.41) is 7.98. The first-order valence-corrected chi connectivity index (χ1v) is 6.43. The summed E-state index contributed by atoms with van der Waals surface area (Å²) in [5.74, 6) is 0.807. The monoisotopic (exact) mass is 223 g/mol. The topological polar surface area (TPSA) is 29.9 Å². The van der Waals surface area contributed by atoms with Crippen LogP contribution in [0.1, 0.15) is 44.9 Å². The maximum Gasteiger partial charge on any atom is 0.0666 e. The van der Waals surface area contributed by atoms with Crippen LogP contribution in [0.4, 0.5) is 0 Å². The smallest absolute Gasteiger partial charge is 0.0666 e. The largest absolute Gasteiger partial charge is 0.312 e. The lowest BCUT2D eigenvalue weighted by Crippen LogP contribution is -2.22. The Hall–Kier alpha value is -0.830. The molecule has 1 N–H and O–H groups in total. The Labute approximate surface area is 99.2 Å². The summed E-state index contributed by atoms with van der Waals surface area (Å²) >= 11 is 0. The van der Waals surface area contributed by atoms with Crippen LogP contribution in [-0.2, 0) is 20.0 Å². The summed E-state index contributed by atoms with van der Waals surface area (Å²) in [7, 11) is 1.99. The lowest BCUT2D eigenvalue weighted by molar-refractivity contribution is 0.449. The van der Waals surface area contributed by atoms with Gasteiger partial charge in [-0.25, -0.2) is 0 Å². The second-order valence-corrected chi connectivity index (χ2v) is 4.44. The Bertz CT molecular complexity index is 300. The highest BCUT2D eigenvalue weighted by Crippen LogP contribution is 2.09. The van der Waals surface area contributed by atoms with Gasteiger partial charge in [0.25, 0.3) is 0 Å². The SMILES string of the molecule is CCc1nn(C)cc1CNCC(CC)CC. The van der Waals surface area contributed by atoms with Crippen molar-refractivity contribution in [3.63, 3.8) is 0 Å². The second kappa shape index (κ2) is 6.69. The fourth-order valence-corrected chi connectivity index (χ4v) is 2.02. The number of hydrogen-bond donors (Lipinski definition) is 1. The average Bonchev–Trinajstić information content (AvgIpc) is 2.65. The van der Waals surface area contributed by atoms with E-state index >= 15 is 0 Å². The molecule has 0 spiro atoms. The predicted octanol–water partition coefficient (Wildman–Crippen LogP) is 2.51. The van der Waals surface area contributed by atoms with Gasteiger partial charge in [-0.15, -0.1) is 0 Å². The van der Waals surface area contributed by atoms with Crippen molar-refractivity contribution in [2.45, 2.75) is 46.6 Å². The van der Waals surface area contributed by atoms with Crippen LogP contribution in [0.15, 0.2) is 6.20 Å². The van der Waals surface area contributed by atoms with Crippen LogP contribution in [0.25, 0.3) is 0 Å². The van der Waals surface area contributed by atoms with Crippen molar-refractivity contribution < 1.29 is 0 Å². The quantitative estimate of drug-likeness (QED) is 0.769. The van der Waals surface area contributed by atoms with Crippen molar-refractivity contribution in [2.24, 2.45) is 13.0 Å². The average molecular weight is 223 g/mol. The first kappa shape index (κ1) is 13.2. The Morgan fingerprint density at radius 1 is 1.31 bits per heavy atom. The molecule has 3 heteroatoms. The molecule has 92 valence electrons. The molecule has 0 saturated carbocycles. The Morgan fingerprint density at radius 2 is 2.00 bits per heavy atom. The van der Waals surface area contributed by atoms with Crippen molar-refractivity contribution in [1.82, 2.24) is 15.1 Å². The molecule has 0 fully saturated rings. The molecular weight excluding hydrogens is 198 g/mol. The van der Waals surface area contributed by atoms with Crippen LogP contribution in [0.2, 0.25) is 0 Å². The Balaban J connectivity index is 2.41. The molecule has 1 rings (SSSR count). The predicted molar refractivity (Wildman–Crippen MR) is 68.4 cm³/mol. The van der Waals surface area contributed by atoms with Gasteiger partial charge in [0.1, 0.15) is 0 Å². The molecule has 1 aromatic rings. The summed E-state index contributed by atoms with van der Waals surface area (Å²) in [6.45, 7) is 8.75. The normalized spacial score (nSPS) is 11.3. The second-order valence-electron chi connectivity index (χ2n) is 4.44. The molecule has 1 heterocycles. The summed E-state index contributed by atoms with van der Waals surface area (Å²) in [6.07, 6.45) is 5.66. The molecule has 0 aromatic carbocycles. The fourth-order valence-electron chi connectivity index (χ4n) is 2.02. The first-order valence-electron chi connectivity index (χ1n) is 6.43. The van der Waals surface area contributed by atoms with Crippen molar-refractivity contribution in [3.8, 4) is 0 Å². The van der Waals surface area contributed by atoms with Gasteiger partial charge in [0.05, 0.1) is 5.69 Å². The summed E-state index contributed by atoms with van der Waals surface area (Å²) in [5.41, 5.74) is 2.57. The zero-order valence-corrected chi connectivity index (χ0v) is 11.1. The summed E-state index contributed by atoms with van der Waals surface area (Å²) in [4.78, 5) is 0. The van der Waals surface area contributed by atoms with Gasteiger partial charge in [-0.1, -0.05) is 33.6 Å². The Kier molecular flexibility index (Phi) is 5.53. The van der Waals surface area contributed by atoms with E-state index in [0.717, 1.165) is 25.4 Å². The lowest BCUT2D eigenvalue weighted by Gasteiger charge is -2.12. The third-order valence-corrected chi connectivity index (χ3v) is 3.23. The number of nitrogens with zero attached hydrogens (tertiary/aromatic N) is 2. The van der Waals surface area contributed by atoms with E-state index in [2.05, 4.69) is 37.4 Å². The molecule has 0 aliphatic rings. The standard InChI is InChI=1S/C13H25N3/c1-5-11(6-2)8-14-9-12-10-16(4)15-13(12)7-3/h10-11,14H,5-9H2,1-4H3. The number of nitrogens with one attached hydrogen (secondary N) is 1. The van der Waals surface area contributed by atoms with E-state index in [1.165, 1.54) is 24.1 Å². The molecule has 3 nitrogen and oxygen atoms in total. The van der Waals surface area contributed by atoms with Crippen molar-refractivity contribution in [1.29, 1.82) is 0 Å². The number of hydrogen-bond acceptors (Lipinski definition) is 2. The van der Waals surface area contributed by atoms with Crippen LogP contribution in [0, 0.1) is 5.92 Å². The molecule has 0 radical (unpaired) electrons. The Morgan fingerprint density at radius 3 is 2.56 bits per heavy atom. The molecule has 1 aromatic heterocycles. The van der Waals surface area contributed by atoms with Gasteiger partial charge < -0.3 is 5.32 Å². The molecular formula is C13H25N3. The van der Waals surface area contributed by atoms with Crippen LogP contribution < -0.4 is 5.32 Å². The third kappa shape index (κ3) is 3.63. The number of rotatable bonds is 7. The minimum Gasteiger partial charge on any atom is -0.312 e. The van der Waals surface area contributed by atoms with E-state index in [1.807, 2.05) is 11.7 Å². The zero-order chi connectivity index (χ0) is 12.0. The van der Waals surface area contributed by atoms with Crippen molar-refractivity contribution in [2.75, 3.05) is 6.54 Å². The van der Waals surface area contributed by atoms with E-state index in [4.69, 9.17) is 0 Å². The third-order valence-electron chi connectivity index (χ3n) is 3.23. The van der Waals surface area contributed by atoms with Crippen LogP contribution in [0.5, 0.6) is 0 Å². The van der Waals surface area contributed by atoms with E-state index < -0.39 is 0 Å². The van der Waals surface area contributed by atoms with Crippen LogP contribution in [-0.4, -0.2) is 16.3 Å². The minimum absolute atomic E-state index is 0.807. The lowest BCUT2D eigenvalue weighted by atomic mass is 10.0. The summed E-state index contributed by atoms with van der Waals surface area (Å²) in [6, 6.07) is 0. The highest BCUT2D eigenvalue weighted by molar-refractivity contribution is 5.16. The zero-order valence-electron chi connectivity index (χ0n) is 11.1. The van der Waals surface area contributed by atoms with Gasteiger partial charge in [-0.2, -0.15) is 5.10 Å². The number of aryl methyl sites for hydroxylation is 2. The first-order chi connectivity index (χ1) is 7.71.